The molecule has 2 aliphatic rings. The Hall–Kier alpha value is -4.00. The topological polar surface area (TPSA) is 75.0 Å². The van der Waals surface area contributed by atoms with Crippen molar-refractivity contribution in [1.82, 2.24) is 9.58 Å². The van der Waals surface area contributed by atoms with E-state index in [1.807, 2.05) is 54.4 Å². The fourth-order valence-corrected chi connectivity index (χ4v) is 4.63. The van der Waals surface area contributed by atoms with Crippen LogP contribution >= 0.6 is 0 Å². The summed E-state index contributed by atoms with van der Waals surface area (Å²) in [7, 11) is 0. The molecule has 7 nitrogen and oxygen atoms in total. The summed E-state index contributed by atoms with van der Waals surface area (Å²) in [5.41, 5.74) is 3.53. The highest BCUT2D eigenvalue weighted by atomic mass is 16.5. The Balaban J connectivity index is 1.85. The molecule has 33 heavy (non-hydrogen) atoms. The van der Waals surface area contributed by atoms with Crippen molar-refractivity contribution in [1.29, 1.82) is 0 Å². The number of nitrogens with zero attached hydrogens (tertiary/aromatic N) is 3. The second-order valence-corrected chi connectivity index (χ2v) is 8.36. The smallest absolute Gasteiger partial charge is 0.278 e. The SMILES string of the molecule is Cc1ccccc1C1c2c(C)cccc2OC/C=C\CN2CN1n1ccc(=O)c(O)c1C2=O. The number of hydrogen-bond donors (Lipinski definition) is 1. The maximum Gasteiger partial charge on any atom is 0.278 e. The van der Waals surface area contributed by atoms with Crippen LogP contribution in [0.25, 0.3) is 0 Å². The maximum absolute atomic E-state index is 13.3. The Morgan fingerprint density at radius 3 is 2.58 bits per heavy atom. The van der Waals surface area contributed by atoms with Crippen molar-refractivity contribution in [2.24, 2.45) is 0 Å². The van der Waals surface area contributed by atoms with Crippen LogP contribution < -0.4 is 15.2 Å². The van der Waals surface area contributed by atoms with E-state index in [1.54, 1.807) is 15.8 Å². The molecule has 1 N–H and O–H groups in total. The molecule has 2 aromatic carbocycles. The number of aryl methyl sites for hydroxylation is 2. The van der Waals surface area contributed by atoms with E-state index in [1.165, 1.54) is 6.07 Å². The highest BCUT2D eigenvalue weighted by Gasteiger charge is 2.38. The van der Waals surface area contributed by atoms with Gasteiger partial charge in [0.2, 0.25) is 5.43 Å². The van der Waals surface area contributed by atoms with Gasteiger partial charge in [0.1, 0.15) is 25.1 Å². The summed E-state index contributed by atoms with van der Waals surface area (Å²) in [4.78, 5) is 27.2. The van der Waals surface area contributed by atoms with E-state index in [0.717, 1.165) is 28.0 Å². The van der Waals surface area contributed by atoms with Crippen LogP contribution in [0.4, 0.5) is 0 Å². The number of ether oxygens (including phenoxy) is 1. The van der Waals surface area contributed by atoms with E-state index in [4.69, 9.17) is 4.74 Å². The van der Waals surface area contributed by atoms with E-state index in [-0.39, 0.29) is 24.3 Å². The van der Waals surface area contributed by atoms with Gasteiger partial charge in [-0.25, -0.2) is 0 Å². The lowest BCUT2D eigenvalue weighted by molar-refractivity contribution is 0.0701. The van der Waals surface area contributed by atoms with E-state index in [2.05, 4.69) is 19.1 Å². The molecule has 0 spiro atoms. The van der Waals surface area contributed by atoms with Crippen molar-refractivity contribution >= 4 is 5.91 Å². The van der Waals surface area contributed by atoms with Gasteiger partial charge in [-0.3, -0.25) is 19.3 Å². The zero-order valence-corrected chi connectivity index (χ0v) is 18.6. The number of carbonyl (C=O) groups is 1. The van der Waals surface area contributed by atoms with Crippen molar-refractivity contribution in [2.75, 3.05) is 24.8 Å². The van der Waals surface area contributed by atoms with Crippen LogP contribution in [0.15, 0.2) is 71.7 Å². The minimum Gasteiger partial charge on any atom is -0.502 e. The van der Waals surface area contributed by atoms with Crippen molar-refractivity contribution in [3.63, 3.8) is 0 Å². The van der Waals surface area contributed by atoms with E-state index >= 15 is 0 Å². The molecule has 3 heterocycles. The fraction of sp³-hybridized carbons (Fsp3) is 0.231. The average molecular weight is 444 g/mol. The van der Waals surface area contributed by atoms with Gasteiger partial charge in [0.15, 0.2) is 11.4 Å². The molecule has 0 radical (unpaired) electrons. The van der Waals surface area contributed by atoms with Gasteiger partial charge in [-0.15, -0.1) is 0 Å². The molecule has 168 valence electrons. The molecule has 0 fully saturated rings. The molecule has 1 amide bonds. The number of rotatable bonds is 1. The molecule has 2 bridgehead atoms. The quantitative estimate of drug-likeness (QED) is 0.585. The number of benzene rings is 2. The predicted molar refractivity (Wildman–Crippen MR) is 125 cm³/mol. The Morgan fingerprint density at radius 1 is 0.970 bits per heavy atom. The highest BCUT2D eigenvalue weighted by molar-refractivity contribution is 5.96. The lowest BCUT2D eigenvalue weighted by atomic mass is 9.90. The summed E-state index contributed by atoms with van der Waals surface area (Å²) >= 11 is 0. The standard InChI is InChI=1S/C26H25N3O4/c1-17-8-3-4-10-19(17)23-22-18(2)9-7-11-21(22)33-15-6-5-13-27-16-29(23)28-14-12-20(30)25(31)24(28)26(27)32/h3-12,14,23,31H,13,15-16H2,1-2H3/b6-5-. The third kappa shape index (κ3) is 3.46. The first-order valence-electron chi connectivity index (χ1n) is 10.9. The van der Waals surface area contributed by atoms with E-state index in [0.29, 0.717) is 13.2 Å². The first-order valence-corrected chi connectivity index (χ1v) is 10.9. The monoisotopic (exact) mass is 443 g/mol. The number of aromatic nitrogens is 1. The third-order valence-corrected chi connectivity index (χ3v) is 6.30. The number of pyridine rings is 1. The molecular formula is C26H25N3O4. The second kappa shape index (κ2) is 8.16. The van der Waals surface area contributed by atoms with E-state index < -0.39 is 11.2 Å². The molecule has 1 unspecified atom stereocenters. The molecule has 1 atom stereocenters. The molecule has 5 rings (SSSR count). The Labute approximate surface area is 191 Å². The van der Waals surface area contributed by atoms with Crippen molar-refractivity contribution in [3.05, 3.63) is 105 Å². The number of fused-ring (bicyclic) bond motifs is 5. The Bertz CT molecular complexity index is 1330. The summed E-state index contributed by atoms with van der Waals surface area (Å²) in [5.74, 6) is -0.175. The van der Waals surface area contributed by atoms with Crippen LogP contribution in [0.3, 0.4) is 0 Å². The zero-order chi connectivity index (χ0) is 23.1. The first kappa shape index (κ1) is 20.9. The molecule has 3 aromatic rings. The summed E-state index contributed by atoms with van der Waals surface area (Å²) in [6.45, 7) is 5.06. The Morgan fingerprint density at radius 2 is 1.76 bits per heavy atom. The van der Waals surface area contributed by atoms with Gasteiger partial charge in [0.05, 0.1) is 0 Å². The van der Waals surface area contributed by atoms with Gasteiger partial charge in [-0.05, 0) is 42.7 Å². The molecular weight excluding hydrogens is 418 g/mol. The summed E-state index contributed by atoms with van der Waals surface area (Å²) in [6, 6.07) is 15.0. The largest absolute Gasteiger partial charge is 0.502 e. The normalized spacial score (nSPS) is 18.6. The van der Waals surface area contributed by atoms with Gasteiger partial charge < -0.3 is 14.7 Å². The van der Waals surface area contributed by atoms with Crippen molar-refractivity contribution < 1.29 is 14.6 Å². The molecule has 0 saturated carbocycles. The van der Waals surface area contributed by atoms with Crippen LogP contribution in [-0.4, -0.2) is 40.4 Å². The van der Waals surface area contributed by atoms with Gasteiger partial charge in [0.25, 0.3) is 5.91 Å². The maximum atomic E-state index is 13.3. The summed E-state index contributed by atoms with van der Waals surface area (Å²) in [5, 5.41) is 12.6. The zero-order valence-electron chi connectivity index (χ0n) is 18.6. The van der Waals surface area contributed by atoms with Crippen LogP contribution in [0.2, 0.25) is 0 Å². The summed E-state index contributed by atoms with van der Waals surface area (Å²) < 4.78 is 7.79. The lowest BCUT2D eigenvalue weighted by Crippen LogP contribution is -2.55. The molecule has 0 saturated heterocycles. The third-order valence-electron chi connectivity index (χ3n) is 6.30. The Kier molecular flexibility index (Phi) is 5.17. The van der Waals surface area contributed by atoms with Crippen LogP contribution in [0.5, 0.6) is 11.5 Å². The number of amides is 1. The number of aromatic hydroxyl groups is 1. The van der Waals surface area contributed by atoms with Gasteiger partial charge in [-0.2, -0.15) is 0 Å². The average Bonchev–Trinajstić information content (AvgIpc) is 2.83. The van der Waals surface area contributed by atoms with Crippen LogP contribution in [0.1, 0.15) is 38.8 Å². The second-order valence-electron chi connectivity index (χ2n) is 8.36. The predicted octanol–water partition coefficient (Wildman–Crippen LogP) is 3.26. The van der Waals surface area contributed by atoms with Gasteiger partial charge >= 0.3 is 0 Å². The molecule has 7 heteroatoms. The lowest BCUT2D eigenvalue weighted by Gasteiger charge is -2.44. The van der Waals surface area contributed by atoms with Gasteiger partial charge in [0, 0.05) is 24.4 Å². The minimum atomic E-state index is -0.580. The first-order chi connectivity index (χ1) is 16.0. The number of carbonyl (C=O) groups excluding carboxylic acids is 1. The van der Waals surface area contributed by atoms with Gasteiger partial charge in [-0.1, -0.05) is 42.5 Å². The van der Waals surface area contributed by atoms with Crippen LogP contribution in [0, 0.1) is 13.8 Å². The minimum absolute atomic E-state index is 0.0315. The van der Waals surface area contributed by atoms with Crippen LogP contribution in [-0.2, 0) is 0 Å². The highest BCUT2D eigenvalue weighted by Crippen LogP contribution is 2.39. The van der Waals surface area contributed by atoms with Crippen molar-refractivity contribution in [2.45, 2.75) is 19.9 Å². The van der Waals surface area contributed by atoms with E-state index in [9.17, 15) is 14.7 Å². The molecule has 2 aliphatic heterocycles. The summed E-state index contributed by atoms with van der Waals surface area (Å²) in [6.07, 6.45) is 5.31. The molecule has 0 aliphatic carbocycles. The fourth-order valence-electron chi connectivity index (χ4n) is 4.63. The number of hydrogen-bond acceptors (Lipinski definition) is 5. The molecule has 1 aromatic heterocycles. The van der Waals surface area contributed by atoms with Crippen molar-refractivity contribution in [3.8, 4) is 11.5 Å².